The molecule has 0 aliphatic rings. The van der Waals surface area contributed by atoms with Crippen LogP contribution in [0.3, 0.4) is 0 Å². The largest absolute Gasteiger partial charge is 0.445 e. The highest BCUT2D eigenvalue weighted by Gasteiger charge is 2.24. The van der Waals surface area contributed by atoms with Crippen LogP contribution in [0.25, 0.3) is 11.1 Å². The molecule has 0 aromatic heterocycles. The number of carbonyl (C=O) groups is 3. The summed E-state index contributed by atoms with van der Waals surface area (Å²) < 4.78 is 5.29. The van der Waals surface area contributed by atoms with Crippen molar-refractivity contribution in [2.45, 2.75) is 33.0 Å². The van der Waals surface area contributed by atoms with Crippen molar-refractivity contribution in [3.05, 3.63) is 95.6 Å². The monoisotopic (exact) mass is 459 g/mol. The van der Waals surface area contributed by atoms with Crippen LogP contribution in [0.15, 0.2) is 78.9 Å². The van der Waals surface area contributed by atoms with Crippen molar-refractivity contribution in [1.29, 1.82) is 0 Å². The highest BCUT2D eigenvalue weighted by atomic mass is 16.5. The van der Waals surface area contributed by atoms with Gasteiger partial charge in [-0.2, -0.15) is 0 Å². The molecule has 0 saturated heterocycles. The van der Waals surface area contributed by atoms with Crippen LogP contribution >= 0.6 is 0 Å². The fourth-order valence-electron chi connectivity index (χ4n) is 3.58. The van der Waals surface area contributed by atoms with Gasteiger partial charge in [-0.25, -0.2) is 4.79 Å². The van der Waals surface area contributed by atoms with E-state index in [2.05, 4.69) is 10.6 Å². The molecule has 0 aliphatic carbocycles. The minimum absolute atomic E-state index is 0.146. The summed E-state index contributed by atoms with van der Waals surface area (Å²) >= 11 is 0. The maximum atomic E-state index is 13.0. The minimum Gasteiger partial charge on any atom is -0.445 e. The second kappa shape index (κ2) is 11.7. The van der Waals surface area contributed by atoms with Crippen LogP contribution in [0.2, 0.25) is 0 Å². The Hall–Kier alpha value is -4.13. The number of amides is 3. The first kappa shape index (κ1) is 24.5. The van der Waals surface area contributed by atoms with Crippen LogP contribution in [0.4, 0.5) is 4.79 Å². The third-order valence-corrected chi connectivity index (χ3v) is 5.37. The zero-order chi connectivity index (χ0) is 24.5. The lowest BCUT2D eigenvalue weighted by molar-refractivity contribution is -0.120. The summed E-state index contributed by atoms with van der Waals surface area (Å²) in [5.41, 5.74) is 9.05. The molecule has 3 amide bonds. The predicted octanol–water partition coefficient (Wildman–Crippen LogP) is 4.02. The standard InChI is InChI=1S/C27H29N3O4/c1-18(2)24(25(28)31)30-26(32)23-15-9-8-14-22(23)21-13-7-6-12-20(21)16-29-27(33)34-17-19-10-4-3-5-11-19/h3-15,18,24H,16-17H2,1-2H3,(H2,28,31)(H,29,33)(H,30,32). The normalized spacial score (nSPS) is 11.5. The Morgan fingerprint density at radius 1 is 0.853 bits per heavy atom. The van der Waals surface area contributed by atoms with Crippen LogP contribution in [0.1, 0.15) is 35.3 Å². The fraction of sp³-hybridized carbons (Fsp3) is 0.222. The maximum Gasteiger partial charge on any atom is 0.407 e. The van der Waals surface area contributed by atoms with E-state index in [1.807, 2.05) is 80.6 Å². The molecule has 34 heavy (non-hydrogen) atoms. The van der Waals surface area contributed by atoms with Crippen molar-refractivity contribution >= 4 is 17.9 Å². The molecule has 4 N–H and O–H groups in total. The number of hydrogen-bond acceptors (Lipinski definition) is 4. The molecular formula is C27H29N3O4. The van der Waals surface area contributed by atoms with Gasteiger partial charge in [0, 0.05) is 12.1 Å². The van der Waals surface area contributed by atoms with Crippen LogP contribution in [0.5, 0.6) is 0 Å². The van der Waals surface area contributed by atoms with Crippen molar-refractivity contribution in [3.8, 4) is 11.1 Å². The number of primary amides is 1. The minimum atomic E-state index is -0.781. The lowest BCUT2D eigenvalue weighted by Crippen LogP contribution is -2.47. The van der Waals surface area contributed by atoms with E-state index in [4.69, 9.17) is 10.5 Å². The second-order valence-corrected chi connectivity index (χ2v) is 8.22. The van der Waals surface area contributed by atoms with Crippen LogP contribution in [0, 0.1) is 5.92 Å². The summed E-state index contributed by atoms with van der Waals surface area (Å²) in [4.78, 5) is 37.0. The van der Waals surface area contributed by atoms with E-state index in [9.17, 15) is 14.4 Å². The van der Waals surface area contributed by atoms with Gasteiger partial charge in [0.1, 0.15) is 12.6 Å². The fourth-order valence-corrected chi connectivity index (χ4v) is 3.58. The van der Waals surface area contributed by atoms with E-state index in [1.165, 1.54) is 0 Å². The number of nitrogens with one attached hydrogen (secondary N) is 2. The number of hydrogen-bond donors (Lipinski definition) is 3. The van der Waals surface area contributed by atoms with Crippen molar-refractivity contribution in [2.75, 3.05) is 0 Å². The Labute approximate surface area is 199 Å². The first-order chi connectivity index (χ1) is 16.4. The molecule has 0 bridgehead atoms. The van der Waals surface area contributed by atoms with Crippen molar-refractivity contribution in [1.82, 2.24) is 10.6 Å². The number of rotatable bonds is 9. The Kier molecular flexibility index (Phi) is 8.40. The Balaban J connectivity index is 1.75. The van der Waals surface area contributed by atoms with Gasteiger partial charge in [0.2, 0.25) is 5.91 Å². The first-order valence-corrected chi connectivity index (χ1v) is 11.1. The third kappa shape index (κ3) is 6.45. The molecule has 7 heteroatoms. The Bertz CT molecular complexity index is 1150. The summed E-state index contributed by atoms with van der Waals surface area (Å²) in [5.74, 6) is -1.12. The SMILES string of the molecule is CC(C)C(NC(=O)c1ccccc1-c1ccccc1CNC(=O)OCc1ccccc1)C(N)=O. The predicted molar refractivity (Wildman–Crippen MR) is 131 cm³/mol. The number of ether oxygens (including phenoxy) is 1. The van der Waals surface area contributed by atoms with Gasteiger partial charge in [-0.1, -0.05) is 86.6 Å². The zero-order valence-electron chi connectivity index (χ0n) is 19.3. The van der Waals surface area contributed by atoms with Gasteiger partial charge in [0.25, 0.3) is 5.91 Å². The van der Waals surface area contributed by atoms with Crippen molar-refractivity contribution in [2.24, 2.45) is 11.7 Å². The van der Waals surface area contributed by atoms with Gasteiger partial charge in [-0.15, -0.1) is 0 Å². The summed E-state index contributed by atoms with van der Waals surface area (Å²) in [6.45, 7) is 4.03. The van der Waals surface area contributed by atoms with Gasteiger partial charge in [-0.3, -0.25) is 9.59 Å². The quantitative estimate of drug-likeness (QED) is 0.449. The molecule has 0 spiro atoms. The molecule has 0 radical (unpaired) electrons. The number of benzene rings is 3. The molecule has 1 atom stereocenters. The van der Waals surface area contributed by atoms with Gasteiger partial charge < -0.3 is 21.1 Å². The molecule has 0 aliphatic heterocycles. The molecule has 1 unspecified atom stereocenters. The zero-order valence-corrected chi connectivity index (χ0v) is 19.3. The van der Waals surface area contributed by atoms with Crippen LogP contribution in [-0.4, -0.2) is 23.9 Å². The van der Waals surface area contributed by atoms with E-state index in [1.54, 1.807) is 12.1 Å². The molecule has 3 rings (SSSR count). The number of alkyl carbamates (subject to hydrolysis) is 1. The van der Waals surface area contributed by atoms with Crippen LogP contribution < -0.4 is 16.4 Å². The Morgan fingerprint density at radius 2 is 1.47 bits per heavy atom. The van der Waals surface area contributed by atoms with E-state index in [-0.39, 0.29) is 19.1 Å². The van der Waals surface area contributed by atoms with Gasteiger partial charge in [0.05, 0.1) is 0 Å². The van der Waals surface area contributed by atoms with Crippen LogP contribution in [-0.2, 0) is 22.7 Å². The molecule has 3 aromatic rings. The first-order valence-electron chi connectivity index (χ1n) is 11.1. The summed E-state index contributed by atoms with van der Waals surface area (Å²) in [6, 6.07) is 23.2. The highest BCUT2D eigenvalue weighted by molar-refractivity contribution is 6.03. The van der Waals surface area contributed by atoms with Gasteiger partial charge in [-0.05, 0) is 34.2 Å². The lowest BCUT2D eigenvalue weighted by Gasteiger charge is -2.20. The molecule has 3 aromatic carbocycles. The van der Waals surface area contributed by atoms with Gasteiger partial charge in [0.15, 0.2) is 0 Å². The lowest BCUT2D eigenvalue weighted by atomic mass is 9.94. The average molecular weight is 460 g/mol. The van der Waals surface area contributed by atoms with Crippen molar-refractivity contribution in [3.63, 3.8) is 0 Å². The summed E-state index contributed by atoms with van der Waals surface area (Å²) in [6.07, 6.45) is -0.536. The topological polar surface area (TPSA) is 111 Å². The smallest absolute Gasteiger partial charge is 0.407 e. The average Bonchev–Trinajstić information content (AvgIpc) is 2.85. The number of carbonyl (C=O) groups excluding carboxylic acids is 3. The third-order valence-electron chi connectivity index (χ3n) is 5.37. The second-order valence-electron chi connectivity index (χ2n) is 8.22. The maximum absolute atomic E-state index is 13.0. The molecule has 7 nitrogen and oxygen atoms in total. The molecular weight excluding hydrogens is 430 g/mol. The van der Waals surface area contributed by atoms with Crippen molar-refractivity contribution < 1.29 is 19.1 Å². The number of nitrogens with two attached hydrogens (primary N) is 1. The van der Waals surface area contributed by atoms with E-state index < -0.39 is 23.9 Å². The Morgan fingerprint density at radius 3 is 2.15 bits per heavy atom. The summed E-state index contributed by atoms with van der Waals surface area (Å²) in [7, 11) is 0. The molecule has 0 fully saturated rings. The molecule has 0 saturated carbocycles. The highest BCUT2D eigenvalue weighted by Crippen LogP contribution is 2.27. The molecule has 176 valence electrons. The summed E-state index contributed by atoms with van der Waals surface area (Å²) in [5, 5.41) is 5.51. The van der Waals surface area contributed by atoms with E-state index in [0.717, 1.165) is 16.7 Å². The van der Waals surface area contributed by atoms with E-state index >= 15 is 0 Å². The molecule has 0 heterocycles. The van der Waals surface area contributed by atoms with E-state index in [0.29, 0.717) is 11.1 Å². The van der Waals surface area contributed by atoms with Gasteiger partial charge >= 0.3 is 6.09 Å².